The number of benzene rings is 1. The van der Waals surface area contributed by atoms with Gasteiger partial charge < -0.3 is 15.4 Å². The Balaban J connectivity index is 1.21. The van der Waals surface area contributed by atoms with Gasteiger partial charge >= 0.3 is 0 Å². The first-order valence-corrected chi connectivity index (χ1v) is 12.2. The summed E-state index contributed by atoms with van der Waals surface area (Å²) in [5, 5.41) is 4.71. The van der Waals surface area contributed by atoms with E-state index >= 15 is 0 Å². The number of nitrogens with zero attached hydrogens (tertiary/aromatic N) is 5. The van der Waals surface area contributed by atoms with Crippen molar-refractivity contribution >= 4 is 11.3 Å². The first kappa shape index (κ1) is 20.0. The highest BCUT2D eigenvalue weighted by atomic mass is 16.5. The van der Waals surface area contributed by atoms with Crippen LogP contribution >= 0.6 is 0 Å². The molecule has 2 N–H and O–H groups in total. The topological polar surface area (TPSA) is 81.6 Å². The molecule has 3 aliphatic rings. The Bertz CT molecular complexity index is 1420. The third-order valence-corrected chi connectivity index (χ3v) is 8.16. The van der Waals surface area contributed by atoms with Gasteiger partial charge in [-0.15, -0.1) is 0 Å². The smallest absolute Gasteiger partial charge is 0.155 e. The van der Waals surface area contributed by atoms with E-state index in [-0.39, 0.29) is 11.5 Å². The van der Waals surface area contributed by atoms with Crippen molar-refractivity contribution in [3.63, 3.8) is 0 Å². The maximum absolute atomic E-state index is 6.76. The minimum Gasteiger partial charge on any atom is -0.493 e. The lowest BCUT2D eigenvalue weighted by molar-refractivity contribution is 0.187. The molecule has 4 aromatic rings. The average Bonchev–Trinajstić information content (AvgIpc) is 3.58. The van der Waals surface area contributed by atoms with Crippen molar-refractivity contribution in [1.82, 2.24) is 19.6 Å². The third kappa shape index (κ3) is 2.83. The Kier molecular flexibility index (Phi) is 4.27. The molecule has 1 spiro atoms. The molecule has 7 nitrogen and oxygen atoms in total. The summed E-state index contributed by atoms with van der Waals surface area (Å²) in [6.07, 6.45) is 7.77. The van der Waals surface area contributed by atoms with Crippen molar-refractivity contribution in [2.45, 2.75) is 38.6 Å². The highest BCUT2D eigenvalue weighted by molar-refractivity contribution is 5.76. The fourth-order valence-electron chi connectivity index (χ4n) is 6.28. The van der Waals surface area contributed by atoms with Crippen LogP contribution in [0.15, 0.2) is 48.8 Å². The quantitative estimate of drug-likeness (QED) is 0.497. The molecule has 7 rings (SSSR count). The second-order valence-corrected chi connectivity index (χ2v) is 9.96. The van der Waals surface area contributed by atoms with E-state index in [0.717, 1.165) is 79.4 Å². The molecule has 1 aliphatic carbocycles. The summed E-state index contributed by atoms with van der Waals surface area (Å²) in [4.78, 5) is 12.2. The zero-order chi connectivity index (χ0) is 22.9. The molecular formula is C27H28N6O. The van der Waals surface area contributed by atoms with Crippen molar-refractivity contribution < 1.29 is 4.74 Å². The lowest BCUT2D eigenvalue weighted by Gasteiger charge is -2.42. The van der Waals surface area contributed by atoms with Crippen LogP contribution in [-0.4, -0.2) is 39.3 Å². The largest absolute Gasteiger partial charge is 0.493 e. The van der Waals surface area contributed by atoms with Gasteiger partial charge in [0.2, 0.25) is 0 Å². The van der Waals surface area contributed by atoms with Crippen LogP contribution in [0.5, 0.6) is 5.75 Å². The molecule has 0 unspecified atom stereocenters. The van der Waals surface area contributed by atoms with Crippen LogP contribution in [0.4, 0.5) is 5.82 Å². The van der Waals surface area contributed by atoms with E-state index in [9.17, 15) is 0 Å². The monoisotopic (exact) mass is 452 g/mol. The molecule has 0 saturated carbocycles. The molecule has 1 fully saturated rings. The van der Waals surface area contributed by atoms with Crippen molar-refractivity contribution in [3.8, 4) is 17.0 Å². The van der Waals surface area contributed by atoms with Crippen LogP contribution in [0.25, 0.3) is 16.8 Å². The summed E-state index contributed by atoms with van der Waals surface area (Å²) in [7, 11) is 0. The second kappa shape index (κ2) is 7.27. The molecular weight excluding hydrogens is 424 g/mol. The van der Waals surface area contributed by atoms with Crippen LogP contribution in [-0.2, 0) is 12.8 Å². The first-order chi connectivity index (χ1) is 16.6. The number of aryl methyl sites for hydroxylation is 1. The number of nitrogens with two attached hydrogens (primary N) is 1. The number of fused-ring (bicyclic) bond motifs is 3. The van der Waals surface area contributed by atoms with E-state index in [4.69, 9.17) is 20.6 Å². The predicted molar refractivity (Wildman–Crippen MR) is 131 cm³/mol. The standard InChI is InChI=1S/C27H28N6O/c1-17-24(19-4-5-23-18(15-19)7-14-34-23)33-22(6-11-30-33)26(31-17)32-12-8-27(9-13-32)16-21-20(25(27)28)3-2-10-29-21/h2-6,10-11,15,25H,7-9,12-14,16,28H2,1H3/t25-/m1/s1. The van der Waals surface area contributed by atoms with Crippen molar-refractivity contribution in [1.29, 1.82) is 0 Å². The second-order valence-electron chi connectivity index (χ2n) is 9.96. The van der Waals surface area contributed by atoms with Gasteiger partial charge in [0.1, 0.15) is 11.3 Å². The number of hydrogen-bond donors (Lipinski definition) is 1. The van der Waals surface area contributed by atoms with Gasteiger partial charge in [-0.25, -0.2) is 9.50 Å². The number of ether oxygens (including phenoxy) is 1. The van der Waals surface area contributed by atoms with E-state index in [1.807, 2.05) is 18.5 Å². The Morgan fingerprint density at radius 3 is 2.85 bits per heavy atom. The molecule has 1 aromatic carbocycles. The van der Waals surface area contributed by atoms with Crippen molar-refractivity contribution in [2.24, 2.45) is 11.1 Å². The highest BCUT2D eigenvalue weighted by Gasteiger charge is 2.46. The molecule has 0 amide bonds. The Morgan fingerprint density at radius 1 is 1.12 bits per heavy atom. The van der Waals surface area contributed by atoms with E-state index in [1.165, 1.54) is 16.8 Å². The Labute approximate surface area is 198 Å². The fraction of sp³-hybridized carbons (Fsp3) is 0.370. The van der Waals surface area contributed by atoms with E-state index < -0.39 is 0 Å². The van der Waals surface area contributed by atoms with Gasteiger partial charge in [-0.2, -0.15) is 5.10 Å². The molecule has 172 valence electrons. The van der Waals surface area contributed by atoms with Crippen LogP contribution in [0.2, 0.25) is 0 Å². The number of aromatic nitrogens is 4. The molecule has 7 heteroatoms. The number of pyridine rings is 1. The van der Waals surface area contributed by atoms with Crippen molar-refractivity contribution in [3.05, 3.63) is 71.3 Å². The normalized spacial score (nSPS) is 20.5. The van der Waals surface area contributed by atoms with Gasteiger partial charge in [-0.05, 0) is 73.1 Å². The molecule has 0 radical (unpaired) electrons. The predicted octanol–water partition coefficient (Wildman–Crippen LogP) is 3.88. The van der Waals surface area contributed by atoms with Crippen LogP contribution in [0.3, 0.4) is 0 Å². The summed E-state index contributed by atoms with van der Waals surface area (Å²) < 4.78 is 7.76. The summed E-state index contributed by atoms with van der Waals surface area (Å²) in [6.45, 7) is 4.71. The number of rotatable bonds is 2. The van der Waals surface area contributed by atoms with Gasteiger partial charge in [0, 0.05) is 43.0 Å². The number of hydrogen-bond acceptors (Lipinski definition) is 6. The zero-order valence-electron chi connectivity index (χ0n) is 19.4. The lowest BCUT2D eigenvalue weighted by Crippen LogP contribution is -2.44. The molecule has 5 heterocycles. The molecule has 1 saturated heterocycles. The third-order valence-electron chi connectivity index (χ3n) is 8.16. The summed E-state index contributed by atoms with van der Waals surface area (Å²) in [6, 6.07) is 12.7. The molecule has 34 heavy (non-hydrogen) atoms. The van der Waals surface area contributed by atoms with Crippen LogP contribution in [0.1, 0.15) is 41.4 Å². The summed E-state index contributed by atoms with van der Waals surface area (Å²) in [5.41, 5.74) is 14.7. The van der Waals surface area contributed by atoms with E-state index in [1.54, 1.807) is 0 Å². The van der Waals surface area contributed by atoms with Gasteiger partial charge in [0.05, 0.1) is 24.2 Å². The Morgan fingerprint density at radius 2 is 2.00 bits per heavy atom. The minimum absolute atomic E-state index is 0.0641. The fourth-order valence-corrected chi connectivity index (χ4v) is 6.28. The molecule has 1 atom stereocenters. The lowest BCUT2D eigenvalue weighted by atomic mass is 9.73. The summed E-state index contributed by atoms with van der Waals surface area (Å²) >= 11 is 0. The van der Waals surface area contributed by atoms with E-state index in [2.05, 4.69) is 51.7 Å². The first-order valence-electron chi connectivity index (χ1n) is 12.2. The van der Waals surface area contributed by atoms with Gasteiger partial charge in [-0.3, -0.25) is 4.98 Å². The Hall–Kier alpha value is -3.45. The average molecular weight is 453 g/mol. The molecule has 0 bridgehead atoms. The molecule has 3 aromatic heterocycles. The van der Waals surface area contributed by atoms with Crippen LogP contribution < -0.4 is 15.4 Å². The zero-order valence-corrected chi connectivity index (χ0v) is 19.4. The minimum atomic E-state index is 0.0641. The van der Waals surface area contributed by atoms with E-state index in [0.29, 0.717) is 0 Å². The SMILES string of the molecule is Cc1nc(N2CCC3(CC2)Cc2ncccc2[C@H]3N)c2ccnn2c1-c1ccc2c(c1)CCO2. The molecule has 2 aliphatic heterocycles. The van der Waals surface area contributed by atoms with Crippen molar-refractivity contribution in [2.75, 3.05) is 24.6 Å². The van der Waals surface area contributed by atoms with Gasteiger partial charge in [0.25, 0.3) is 0 Å². The highest BCUT2D eigenvalue weighted by Crippen LogP contribution is 2.50. The van der Waals surface area contributed by atoms with Gasteiger partial charge in [0.15, 0.2) is 5.82 Å². The number of anilines is 1. The van der Waals surface area contributed by atoms with Gasteiger partial charge in [-0.1, -0.05) is 6.07 Å². The maximum Gasteiger partial charge on any atom is 0.155 e. The maximum atomic E-state index is 6.76. The number of piperidine rings is 1. The summed E-state index contributed by atoms with van der Waals surface area (Å²) in [5.74, 6) is 2.01. The van der Waals surface area contributed by atoms with Crippen LogP contribution in [0, 0.1) is 12.3 Å².